The van der Waals surface area contributed by atoms with Gasteiger partial charge in [-0.2, -0.15) is 0 Å². The predicted molar refractivity (Wildman–Crippen MR) is 48.9 cm³/mol. The molecule has 0 aliphatic heterocycles. The minimum Gasteiger partial charge on any atom is -0.494 e. The molecule has 1 aromatic heterocycles. The van der Waals surface area contributed by atoms with Crippen molar-refractivity contribution < 1.29 is 13.2 Å². The van der Waals surface area contributed by atoms with Crippen LogP contribution in [0.1, 0.15) is 0 Å². The summed E-state index contributed by atoms with van der Waals surface area (Å²) >= 11 is 6.64. The van der Waals surface area contributed by atoms with Gasteiger partial charge in [0.1, 0.15) is 4.34 Å². The lowest BCUT2D eigenvalue weighted by atomic mass is 10.6. The molecule has 1 rings (SSSR count). The van der Waals surface area contributed by atoms with Crippen LogP contribution in [0.3, 0.4) is 0 Å². The van der Waals surface area contributed by atoms with Gasteiger partial charge in [0.2, 0.25) is 0 Å². The second-order valence-electron chi connectivity index (χ2n) is 1.84. The summed E-state index contributed by atoms with van der Waals surface area (Å²) in [5.41, 5.74) is 0. The lowest BCUT2D eigenvalue weighted by Crippen LogP contribution is -1.92. The van der Waals surface area contributed by atoms with Crippen molar-refractivity contribution in [3.8, 4) is 5.75 Å². The van der Waals surface area contributed by atoms with Gasteiger partial charge in [0.25, 0.3) is 9.05 Å². The summed E-state index contributed by atoms with van der Waals surface area (Å²) in [6, 6.07) is 0. The Hall–Kier alpha value is 0.0300. The van der Waals surface area contributed by atoms with E-state index in [1.165, 1.54) is 12.5 Å². The molecule has 0 amide bonds. The zero-order valence-electron chi connectivity index (χ0n) is 5.87. The van der Waals surface area contributed by atoms with Crippen LogP contribution in [-0.2, 0) is 9.05 Å². The maximum absolute atomic E-state index is 10.9. The number of hydrogen-bond acceptors (Lipinski definition) is 4. The summed E-state index contributed by atoms with van der Waals surface area (Å²) in [5, 5.41) is 1.48. The highest BCUT2D eigenvalue weighted by Crippen LogP contribution is 2.38. The van der Waals surface area contributed by atoms with Crippen LogP contribution in [0.15, 0.2) is 10.3 Å². The first kappa shape index (κ1) is 10.1. The largest absolute Gasteiger partial charge is 0.494 e. The summed E-state index contributed by atoms with van der Waals surface area (Å²) in [6.07, 6.45) is 0. The molecule has 0 fully saturated rings. The Morgan fingerprint density at radius 1 is 1.58 bits per heavy atom. The van der Waals surface area contributed by atoms with Gasteiger partial charge in [-0.25, -0.2) is 8.42 Å². The number of halogens is 2. The van der Waals surface area contributed by atoms with E-state index in [1.807, 2.05) is 0 Å². The maximum Gasteiger partial charge on any atom is 0.267 e. The van der Waals surface area contributed by atoms with E-state index >= 15 is 0 Å². The second-order valence-corrected chi connectivity index (χ2v) is 5.83. The Morgan fingerprint density at radius 3 is 2.50 bits per heavy atom. The average molecular weight is 247 g/mol. The smallest absolute Gasteiger partial charge is 0.267 e. The Bertz CT molecular complexity index is 381. The SMILES string of the molecule is COc1csc(Cl)c1S(=O)(=O)Cl. The monoisotopic (exact) mass is 246 g/mol. The number of methoxy groups -OCH3 is 1. The number of thiophene rings is 1. The van der Waals surface area contributed by atoms with Gasteiger partial charge in [-0.1, -0.05) is 11.6 Å². The maximum atomic E-state index is 10.9. The molecule has 0 saturated carbocycles. The molecule has 1 heterocycles. The van der Waals surface area contributed by atoms with E-state index in [0.29, 0.717) is 0 Å². The van der Waals surface area contributed by atoms with Crippen LogP contribution in [-0.4, -0.2) is 15.5 Å². The zero-order valence-corrected chi connectivity index (χ0v) is 9.02. The van der Waals surface area contributed by atoms with Crippen LogP contribution in [0.5, 0.6) is 5.75 Å². The van der Waals surface area contributed by atoms with Crippen LogP contribution in [0, 0.1) is 0 Å². The van der Waals surface area contributed by atoms with Crippen molar-refractivity contribution in [1.29, 1.82) is 0 Å². The van der Waals surface area contributed by atoms with E-state index in [4.69, 9.17) is 27.0 Å². The van der Waals surface area contributed by atoms with Crippen LogP contribution in [0.25, 0.3) is 0 Å². The normalized spacial score (nSPS) is 11.6. The van der Waals surface area contributed by atoms with Crippen LogP contribution in [0.4, 0.5) is 0 Å². The molecule has 12 heavy (non-hydrogen) atoms. The molecule has 0 aliphatic rings. The van der Waals surface area contributed by atoms with Gasteiger partial charge >= 0.3 is 0 Å². The first-order valence-corrected chi connectivity index (χ1v) is 6.29. The molecular weight excluding hydrogens is 243 g/mol. The molecule has 0 bridgehead atoms. The third-order valence-corrected chi connectivity index (χ3v) is 3.93. The molecule has 68 valence electrons. The molecular formula is C5H4Cl2O3S2. The predicted octanol–water partition coefficient (Wildman–Crippen LogP) is 2.34. The molecule has 7 heteroatoms. The Balaban J connectivity index is 3.39. The van der Waals surface area contributed by atoms with Crippen LogP contribution < -0.4 is 4.74 Å². The summed E-state index contributed by atoms with van der Waals surface area (Å²) in [7, 11) is 2.65. The minimum absolute atomic E-state index is 0.113. The number of hydrogen-bond donors (Lipinski definition) is 0. The third-order valence-electron chi connectivity index (χ3n) is 1.14. The Kier molecular flexibility index (Phi) is 2.88. The zero-order chi connectivity index (χ0) is 9.35. The summed E-state index contributed by atoms with van der Waals surface area (Å²) in [5.74, 6) is 0.181. The van der Waals surface area contributed by atoms with E-state index in [0.717, 1.165) is 11.3 Å². The summed E-state index contributed by atoms with van der Waals surface area (Å²) in [4.78, 5) is -0.154. The molecule has 0 radical (unpaired) electrons. The minimum atomic E-state index is -3.81. The topological polar surface area (TPSA) is 43.4 Å². The van der Waals surface area contributed by atoms with Gasteiger partial charge in [-0.05, 0) is 0 Å². The average Bonchev–Trinajstić information content (AvgIpc) is 2.29. The number of ether oxygens (including phenoxy) is 1. The first-order chi connectivity index (χ1) is 5.46. The highest BCUT2D eigenvalue weighted by atomic mass is 35.7. The molecule has 0 aliphatic carbocycles. The van der Waals surface area contributed by atoms with Crippen molar-refractivity contribution in [2.45, 2.75) is 4.90 Å². The van der Waals surface area contributed by atoms with E-state index in [-0.39, 0.29) is 15.0 Å². The highest BCUT2D eigenvalue weighted by molar-refractivity contribution is 8.14. The highest BCUT2D eigenvalue weighted by Gasteiger charge is 2.22. The fourth-order valence-electron chi connectivity index (χ4n) is 0.666. The van der Waals surface area contributed by atoms with Gasteiger partial charge in [-0.15, -0.1) is 11.3 Å². The standard InChI is InChI=1S/C5H4Cl2O3S2/c1-10-3-2-11-5(6)4(3)12(7,8)9/h2H,1H3. The van der Waals surface area contributed by atoms with Crippen molar-refractivity contribution in [3.05, 3.63) is 9.72 Å². The Morgan fingerprint density at radius 2 is 2.17 bits per heavy atom. The van der Waals surface area contributed by atoms with Crippen molar-refractivity contribution in [3.63, 3.8) is 0 Å². The molecule has 0 aromatic carbocycles. The van der Waals surface area contributed by atoms with Crippen molar-refractivity contribution >= 4 is 42.7 Å². The third kappa shape index (κ3) is 1.85. The lowest BCUT2D eigenvalue weighted by Gasteiger charge is -1.97. The van der Waals surface area contributed by atoms with Gasteiger partial charge in [-0.3, -0.25) is 0 Å². The fraction of sp³-hybridized carbons (Fsp3) is 0.200. The van der Waals surface area contributed by atoms with E-state index in [2.05, 4.69) is 0 Å². The van der Waals surface area contributed by atoms with Gasteiger partial charge in [0.15, 0.2) is 10.6 Å². The van der Waals surface area contributed by atoms with E-state index in [1.54, 1.807) is 0 Å². The van der Waals surface area contributed by atoms with Crippen LogP contribution >= 0.6 is 33.6 Å². The van der Waals surface area contributed by atoms with E-state index < -0.39 is 9.05 Å². The second kappa shape index (κ2) is 3.41. The van der Waals surface area contributed by atoms with Gasteiger partial charge < -0.3 is 4.74 Å². The molecule has 0 N–H and O–H groups in total. The number of rotatable bonds is 2. The van der Waals surface area contributed by atoms with Crippen LogP contribution in [0.2, 0.25) is 4.34 Å². The summed E-state index contributed by atoms with van der Waals surface area (Å²) in [6.45, 7) is 0. The lowest BCUT2D eigenvalue weighted by molar-refractivity contribution is 0.406. The fourth-order valence-corrected chi connectivity index (χ4v) is 3.67. The van der Waals surface area contributed by atoms with Crippen molar-refractivity contribution in [2.75, 3.05) is 7.11 Å². The van der Waals surface area contributed by atoms with Crippen molar-refractivity contribution in [1.82, 2.24) is 0 Å². The summed E-state index contributed by atoms with van der Waals surface area (Å²) < 4.78 is 26.7. The molecule has 0 atom stereocenters. The quantitative estimate of drug-likeness (QED) is 0.753. The molecule has 0 unspecified atom stereocenters. The molecule has 3 nitrogen and oxygen atoms in total. The van der Waals surface area contributed by atoms with Gasteiger partial charge in [0, 0.05) is 16.1 Å². The first-order valence-electron chi connectivity index (χ1n) is 2.72. The Labute approximate surface area is 83.3 Å². The van der Waals surface area contributed by atoms with E-state index in [9.17, 15) is 8.42 Å². The molecule has 1 aromatic rings. The van der Waals surface area contributed by atoms with Crippen molar-refractivity contribution in [2.24, 2.45) is 0 Å². The molecule has 0 saturated heterocycles. The molecule has 0 spiro atoms. The van der Waals surface area contributed by atoms with Gasteiger partial charge in [0.05, 0.1) is 7.11 Å².